The maximum absolute atomic E-state index is 13.2. The van der Waals surface area contributed by atoms with Crippen molar-refractivity contribution in [3.8, 4) is 0 Å². The molecule has 0 atom stereocenters. The molecule has 7 heteroatoms. The van der Waals surface area contributed by atoms with Crippen molar-refractivity contribution in [3.05, 3.63) is 88.4 Å². The van der Waals surface area contributed by atoms with Gasteiger partial charge in [-0.2, -0.15) is 0 Å². The summed E-state index contributed by atoms with van der Waals surface area (Å²) >= 11 is 0. The Bertz CT molecular complexity index is 1220. The molecule has 1 heterocycles. The van der Waals surface area contributed by atoms with Crippen LogP contribution in [0.25, 0.3) is 11.0 Å². The Morgan fingerprint density at radius 3 is 2.47 bits per heavy atom. The number of esters is 1. The molecular weight excluding hydrogens is 430 g/mol. The lowest BCUT2D eigenvalue weighted by Crippen LogP contribution is -2.35. The molecule has 178 valence electrons. The number of aryl methyl sites for hydroxylation is 3. The van der Waals surface area contributed by atoms with Crippen LogP contribution in [0.5, 0.6) is 0 Å². The number of aromatic nitrogens is 2. The van der Waals surface area contributed by atoms with E-state index in [1.165, 1.54) is 0 Å². The van der Waals surface area contributed by atoms with Crippen LogP contribution in [-0.4, -0.2) is 46.0 Å². The highest BCUT2D eigenvalue weighted by molar-refractivity contribution is 5.81. The predicted octanol–water partition coefficient (Wildman–Crippen LogP) is 3.54. The molecule has 0 aliphatic heterocycles. The van der Waals surface area contributed by atoms with Gasteiger partial charge in [0.05, 0.1) is 17.5 Å². The second-order valence-corrected chi connectivity index (χ2v) is 8.27. The quantitative estimate of drug-likeness (QED) is 0.322. The van der Waals surface area contributed by atoms with E-state index >= 15 is 0 Å². The first kappa shape index (κ1) is 24.9. The highest BCUT2D eigenvalue weighted by atomic mass is 16.5. The van der Waals surface area contributed by atoms with Gasteiger partial charge in [-0.15, -0.1) is 0 Å². The maximum atomic E-state index is 13.2. The van der Waals surface area contributed by atoms with Crippen molar-refractivity contribution < 1.29 is 14.3 Å². The van der Waals surface area contributed by atoms with Gasteiger partial charge in [0.15, 0.2) is 6.61 Å². The first-order valence-corrected chi connectivity index (χ1v) is 11.5. The summed E-state index contributed by atoms with van der Waals surface area (Å²) in [7, 11) is 0. The third-order valence-electron chi connectivity index (χ3n) is 5.50. The van der Waals surface area contributed by atoms with E-state index < -0.39 is 5.97 Å². The van der Waals surface area contributed by atoms with Crippen molar-refractivity contribution in [1.82, 2.24) is 14.5 Å². The summed E-state index contributed by atoms with van der Waals surface area (Å²) in [5.41, 5.74) is 3.56. The fraction of sp³-hybridized carbons (Fsp3) is 0.333. The van der Waals surface area contributed by atoms with Crippen LogP contribution in [0.3, 0.4) is 0 Å². The lowest BCUT2D eigenvalue weighted by atomic mass is 10.1. The summed E-state index contributed by atoms with van der Waals surface area (Å²) in [5.74, 6) is -0.809. The minimum atomic E-state index is -0.537. The van der Waals surface area contributed by atoms with Gasteiger partial charge in [-0.05, 0) is 38.0 Å². The fourth-order valence-electron chi connectivity index (χ4n) is 3.74. The monoisotopic (exact) mass is 461 g/mol. The van der Waals surface area contributed by atoms with Crippen molar-refractivity contribution >= 4 is 22.9 Å². The van der Waals surface area contributed by atoms with Crippen molar-refractivity contribution in [2.45, 2.75) is 39.7 Å². The van der Waals surface area contributed by atoms with E-state index in [1.807, 2.05) is 68.4 Å². The zero-order chi connectivity index (χ0) is 24.5. The summed E-state index contributed by atoms with van der Waals surface area (Å²) in [6.07, 6.45) is 0.820. The lowest BCUT2D eigenvalue weighted by molar-refractivity contribution is -0.151. The van der Waals surface area contributed by atoms with E-state index in [9.17, 15) is 14.4 Å². The number of rotatable bonds is 11. The van der Waals surface area contributed by atoms with Crippen LogP contribution in [0.4, 0.5) is 0 Å². The molecule has 0 bridgehead atoms. The number of para-hydroxylation sites is 2. The molecule has 3 rings (SSSR count). The van der Waals surface area contributed by atoms with Crippen LogP contribution in [0, 0.1) is 0 Å². The lowest BCUT2D eigenvalue weighted by Gasteiger charge is -2.20. The Morgan fingerprint density at radius 1 is 1.06 bits per heavy atom. The van der Waals surface area contributed by atoms with Gasteiger partial charge >= 0.3 is 5.97 Å². The van der Waals surface area contributed by atoms with Crippen molar-refractivity contribution in [2.24, 2.45) is 0 Å². The molecule has 0 fully saturated rings. The smallest absolute Gasteiger partial charge is 0.306 e. The molecule has 2 aromatic carbocycles. The molecule has 0 N–H and O–H groups in total. The summed E-state index contributed by atoms with van der Waals surface area (Å²) in [4.78, 5) is 43.8. The summed E-state index contributed by atoms with van der Waals surface area (Å²) in [6, 6.07) is 17.5. The van der Waals surface area contributed by atoms with Crippen LogP contribution in [0.1, 0.15) is 31.5 Å². The molecule has 34 heavy (non-hydrogen) atoms. The van der Waals surface area contributed by atoms with Gasteiger partial charge in [-0.25, -0.2) is 4.98 Å². The van der Waals surface area contributed by atoms with E-state index in [2.05, 4.69) is 11.6 Å². The molecule has 0 unspecified atom stereocenters. The Morgan fingerprint density at radius 2 is 1.76 bits per heavy atom. The molecule has 7 nitrogen and oxygen atoms in total. The van der Waals surface area contributed by atoms with Gasteiger partial charge in [-0.1, -0.05) is 54.6 Å². The number of fused-ring (bicyclic) bond motifs is 1. The number of amides is 1. The average molecular weight is 462 g/mol. The Labute approximate surface area is 199 Å². The third-order valence-corrected chi connectivity index (χ3v) is 5.50. The van der Waals surface area contributed by atoms with Gasteiger partial charge < -0.3 is 14.2 Å². The highest BCUT2D eigenvalue weighted by Crippen LogP contribution is 2.12. The molecule has 1 amide bonds. The number of hydrogen-bond acceptors (Lipinski definition) is 5. The molecule has 0 saturated carbocycles. The minimum Gasteiger partial charge on any atom is -0.456 e. The fourth-order valence-corrected chi connectivity index (χ4v) is 3.74. The third kappa shape index (κ3) is 6.63. The Balaban J connectivity index is 1.68. The molecule has 0 aliphatic carbocycles. The molecule has 1 aromatic heterocycles. The van der Waals surface area contributed by atoms with Crippen molar-refractivity contribution in [3.63, 3.8) is 0 Å². The number of carbonyl (C=O) groups excluding carboxylic acids is 2. The number of likely N-dealkylation sites (N-methyl/N-ethyl adjacent to an activating group) is 1. The number of benzene rings is 2. The maximum Gasteiger partial charge on any atom is 0.306 e. The highest BCUT2D eigenvalue weighted by Gasteiger charge is 2.16. The number of carbonyl (C=O) groups is 2. The van der Waals surface area contributed by atoms with Gasteiger partial charge in [0.1, 0.15) is 5.69 Å². The van der Waals surface area contributed by atoms with E-state index in [0.29, 0.717) is 37.3 Å². The van der Waals surface area contributed by atoms with Crippen LogP contribution < -0.4 is 5.56 Å². The summed E-state index contributed by atoms with van der Waals surface area (Å²) in [6.45, 7) is 8.62. The van der Waals surface area contributed by atoms with Gasteiger partial charge in [0, 0.05) is 26.1 Å². The largest absolute Gasteiger partial charge is 0.456 e. The second-order valence-electron chi connectivity index (χ2n) is 8.27. The SMILES string of the molecule is C=C(C)CN(CC)C(=O)COC(=O)CCc1nc2ccccc2n(CCc2ccccc2)c1=O. The standard InChI is InChI=1S/C27H31N3O4/c1-4-29(18-20(2)3)25(31)19-34-26(32)15-14-23-27(33)30(17-16-21-10-6-5-7-11-21)24-13-9-8-12-22(24)28-23/h5-13H,2,4,14-19H2,1,3H3. The number of ether oxygens (including phenoxy) is 1. The predicted molar refractivity (Wildman–Crippen MR) is 132 cm³/mol. The van der Waals surface area contributed by atoms with E-state index in [1.54, 1.807) is 9.47 Å². The summed E-state index contributed by atoms with van der Waals surface area (Å²) in [5, 5.41) is 0. The first-order valence-electron chi connectivity index (χ1n) is 11.5. The van der Waals surface area contributed by atoms with Crippen LogP contribution in [0.15, 0.2) is 71.5 Å². The first-order chi connectivity index (χ1) is 16.4. The van der Waals surface area contributed by atoms with Crippen molar-refractivity contribution in [1.29, 1.82) is 0 Å². The van der Waals surface area contributed by atoms with Gasteiger partial charge in [0.2, 0.25) is 0 Å². The topological polar surface area (TPSA) is 81.5 Å². The Kier molecular flexibility index (Phi) is 8.73. The zero-order valence-corrected chi connectivity index (χ0v) is 19.8. The number of nitrogens with zero attached hydrogens (tertiary/aromatic N) is 3. The van der Waals surface area contributed by atoms with Crippen molar-refractivity contribution in [2.75, 3.05) is 19.7 Å². The minimum absolute atomic E-state index is 0.0286. The van der Waals surface area contributed by atoms with Gasteiger partial charge in [0.25, 0.3) is 11.5 Å². The van der Waals surface area contributed by atoms with Crippen LogP contribution in [0.2, 0.25) is 0 Å². The van der Waals surface area contributed by atoms with E-state index in [-0.39, 0.29) is 30.9 Å². The molecule has 0 aliphatic rings. The molecule has 0 radical (unpaired) electrons. The van der Waals surface area contributed by atoms with Gasteiger partial charge in [-0.3, -0.25) is 14.4 Å². The molecule has 0 spiro atoms. The molecular formula is C27H31N3O4. The Hall–Kier alpha value is -3.74. The second kappa shape index (κ2) is 11.9. The van der Waals surface area contributed by atoms with Crippen LogP contribution >= 0.6 is 0 Å². The molecule has 0 saturated heterocycles. The zero-order valence-electron chi connectivity index (χ0n) is 19.8. The van der Waals surface area contributed by atoms with E-state index in [0.717, 1.165) is 16.7 Å². The number of hydrogen-bond donors (Lipinski definition) is 0. The average Bonchev–Trinajstić information content (AvgIpc) is 2.84. The summed E-state index contributed by atoms with van der Waals surface area (Å²) < 4.78 is 6.87. The van der Waals surface area contributed by atoms with Crippen LogP contribution in [-0.2, 0) is 33.7 Å². The molecule has 3 aromatic rings. The normalized spacial score (nSPS) is 10.8. The van der Waals surface area contributed by atoms with E-state index in [4.69, 9.17) is 4.74 Å².